The fourth-order valence-corrected chi connectivity index (χ4v) is 2.87. The van der Waals surface area contributed by atoms with Crippen LogP contribution in [0.2, 0.25) is 0 Å². The third-order valence-corrected chi connectivity index (χ3v) is 4.01. The highest BCUT2D eigenvalue weighted by atomic mass is 19.1. The molecule has 122 valence electrons. The summed E-state index contributed by atoms with van der Waals surface area (Å²) in [5, 5.41) is 6.05. The predicted molar refractivity (Wildman–Crippen MR) is 86.9 cm³/mol. The van der Waals surface area contributed by atoms with Gasteiger partial charge in [-0.15, -0.1) is 0 Å². The summed E-state index contributed by atoms with van der Waals surface area (Å²) < 4.78 is 27.5. The van der Waals surface area contributed by atoms with Crippen LogP contribution >= 0.6 is 0 Å². The van der Waals surface area contributed by atoms with Crippen LogP contribution in [-0.4, -0.2) is 16.0 Å². The van der Waals surface area contributed by atoms with Gasteiger partial charge in [0.05, 0.1) is 0 Å². The molecule has 1 aliphatic rings. The van der Waals surface area contributed by atoms with Crippen LogP contribution in [0, 0.1) is 18.6 Å². The quantitative estimate of drug-likeness (QED) is 0.868. The molecule has 0 radical (unpaired) electrons. The Kier molecular flexibility index (Phi) is 4.69. The van der Waals surface area contributed by atoms with Crippen molar-refractivity contribution in [2.75, 3.05) is 10.6 Å². The molecule has 0 saturated heterocycles. The number of benzene rings is 1. The molecule has 2 aromatic rings. The van der Waals surface area contributed by atoms with Gasteiger partial charge in [-0.1, -0.05) is 25.3 Å². The summed E-state index contributed by atoms with van der Waals surface area (Å²) in [6.07, 6.45) is 5.88. The van der Waals surface area contributed by atoms with Gasteiger partial charge in [0.1, 0.15) is 23.1 Å². The summed E-state index contributed by atoms with van der Waals surface area (Å²) in [5.41, 5.74) is 0.534. The Hall–Kier alpha value is -2.24. The zero-order chi connectivity index (χ0) is 16.2. The van der Waals surface area contributed by atoms with Gasteiger partial charge in [0, 0.05) is 17.8 Å². The first kappa shape index (κ1) is 15.6. The maximum absolute atomic E-state index is 13.7. The van der Waals surface area contributed by atoms with Gasteiger partial charge >= 0.3 is 0 Å². The van der Waals surface area contributed by atoms with Gasteiger partial charge in [-0.05, 0) is 31.9 Å². The van der Waals surface area contributed by atoms with Crippen LogP contribution in [0.25, 0.3) is 0 Å². The minimum Gasteiger partial charge on any atom is -0.351 e. The van der Waals surface area contributed by atoms with Crippen molar-refractivity contribution in [3.63, 3.8) is 0 Å². The second-order valence-corrected chi connectivity index (χ2v) is 5.92. The van der Waals surface area contributed by atoms with Crippen LogP contribution in [0.5, 0.6) is 0 Å². The molecule has 0 spiro atoms. The van der Waals surface area contributed by atoms with Crippen molar-refractivity contribution in [1.82, 2.24) is 9.97 Å². The summed E-state index contributed by atoms with van der Waals surface area (Å²) in [6.45, 7) is 1.83. The Morgan fingerprint density at radius 2 is 1.74 bits per heavy atom. The van der Waals surface area contributed by atoms with Crippen molar-refractivity contribution < 1.29 is 8.78 Å². The molecule has 1 heterocycles. The van der Waals surface area contributed by atoms with Gasteiger partial charge in [0.2, 0.25) is 5.95 Å². The van der Waals surface area contributed by atoms with E-state index in [2.05, 4.69) is 20.6 Å². The van der Waals surface area contributed by atoms with Crippen molar-refractivity contribution in [3.05, 3.63) is 41.6 Å². The average Bonchev–Trinajstić information content (AvgIpc) is 2.51. The zero-order valence-electron chi connectivity index (χ0n) is 13.1. The summed E-state index contributed by atoms with van der Waals surface area (Å²) >= 11 is 0. The first-order valence-corrected chi connectivity index (χ1v) is 7.95. The van der Waals surface area contributed by atoms with E-state index in [1.54, 1.807) is 6.07 Å². The topological polar surface area (TPSA) is 49.8 Å². The lowest BCUT2D eigenvalue weighted by atomic mass is 9.96. The maximum Gasteiger partial charge on any atom is 0.225 e. The fraction of sp³-hybridized carbons (Fsp3) is 0.412. The number of rotatable bonds is 4. The molecule has 0 unspecified atom stereocenters. The molecule has 1 aliphatic carbocycles. The highest BCUT2D eigenvalue weighted by molar-refractivity contribution is 5.59. The second kappa shape index (κ2) is 6.89. The number of hydrogen-bond acceptors (Lipinski definition) is 4. The molecular formula is C17H20F2N4. The number of aryl methyl sites for hydroxylation is 1. The predicted octanol–water partition coefficient (Wildman–Crippen LogP) is 4.55. The van der Waals surface area contributed by atoms with Crippen molar-refractivity contribution in [2.24, 2.45) is 0 Å². The fourth-order valence-electron chi connectivity index (χ4n) is 2.87. The largest absolute Gasteiger partial charge is 0.351 e. The lowest BCUT2D eigenvalue weighted by Crippen LogP contribution is -2.23. The SMILES string of the molecule is Cc1cc(Nc2c(F)cccc2F)nc(NC2CCCCC2)n1. The summed E-state index contributed by atoms with van der Waals surface area (Å²) in [5.74, 6) is -0.429. The van der Waals surface area contributed by atoms with Gasteiger partial charge < -0.3 is 10.6 Å². The van der Waals surface area contributed by atoms with E-state index in [-0.39, 0.29) is 5.69 Å². The first-order valence-electron chi connectivity index (χ1n) is 7.95. The molecule has 2 N–H and O–H groups in total. The molecule has 3 rings (SSSR count). The van der Waals surface area contributed by atoms with Crippen molar-refractivity contribution in [3.8, 4) is 0 Å². The second-order valence-electron chi connectivity index (χ2n) is 5.92. The monoisotopic (exact) mass is 318 g/mol. The van der Waals surface area contributed by atoms with Gasteiger partial charge in [0.15, 0.2) is 0 Å². The van der Waals surface area contributed by atoms with E-state index in [0.29, 0.717) is 17.8 Å². The Morgan fingerprint density at radius 1 is 1.04 bits per heavy atom. The van der Waals surface area contributed by atoms with Crippen LogP contribution in [0.1, 0.15) is 37.8 Å². The molecule has 6 heteroatoms. The number of anilines is 3. The van der Waals surface area contributed by atoms with Crippen LogP contribution in [0.3, 0.4) is 0 Å². The number of halogens is 2. The van der Waals surface area contributed by atoms with Gasteiger partial charge in [-0.3, -0.25) is 0 Å². The summed E-state index contributed by atoms with van der Waals surface area (Å²) in [7, 11) is 0. The summed E-state index contributed by atoms with van der Waals surface area (Å²) in [4.78, 5) is 8.70. The highest BCUT2D eigenvalue weighted by Gasteiger charge is 2.15. The maximum atomic E-state index is 13.7. The minimum absolute atomic E-state index is 0.200. The van der Waals surface area contributed by atoms with E-state index >= 15 is 0 Å². The van der Waals surface area contributed by atoms with Gasteiger partial charge in [-0.25, -0.2) is 13.8 Å². The Morgan fingerprint density at radius 3 is 2.43 bits per heavy atom. The number of hydrogen-bond donors (Lipinski definition) is 2. The van der Waals surface area contributed by atoms with E-state index in [1.807, 2.05) is 6.92 Å². The lowest BCUT2D eigenvalue weighted by Gasteiger charge is -2.23. The van der Waals surface area contributed by atoms with Crippen molar-refractivity contribution in [2.45, 2.75) is 45.1 Å². The van der Waals surface area contributed by atoms with E-state index < -0.39 is 11.6 Å². The molecular weight excluding hydrogens is 298 g/mol. The number of aromatic nitrogens is 2. The van der Waals surface area contributed by atoms with E-state index in [1.165, 1.54) is 37.5 Å². The van der Waals surface area contributed by atoms with Gasteiger partial charge in [-0.2, -0.15) is 4.98 Å². The number of nitrogens with one attached hydrogen (secondary N) is 2. The van der Waals surface area contributed by atoms with Crippen molar-refractivity contribution >= 4 is 17.5 Å². The van der Waals surface area contributed by atoms with E-state index in [9.17, 15) is 8.78 Å². The normalized spacial score (nSPS) is 15.4. The number of nitrogens with zero attached hydrogens (tertiary/aromatic N) is 2. The Labute approximate surface area is 134 Å². The molecule has 0 bridgehead atoms. The standard InChI is InChI=1S/C17H20F2N4/c1-11-10-15(22-16-13(18)8-5-9-14(16)19)23-17(20-11)21-12-6-3-2-4-7-12/h5,8-10,12H,2-4,6-7H2,1H3,(H2,20,21,22,23). The van der Waals surface area contributed by atoms with Crippen LogP contribution < -0.4 is 10.6 Å². The van der Waals surface area contributed by atoms with E-state index in [4.69, 9.17) is 0 Å². The molecule has 1 saturated carbocycles. The van der Waals surface area contributed by atoms with Crippen LogP contribution in [0.4, 0.5) is 26.2 Å². The van der Waals surface area contributed by atoms with Crippen LogP contribution in [-0.2, 0) is 0 Å². The highest BCUT2D eigenvalue weighted by Crippen LogP contribution is 2.24. The zero-order valence-corrected chi connectivity index (χ0v) is 13.1. The molecule has 1 aromatic heterocycles. The molecule has 1 aromatic carbocycles. The molecule has 1 fully saturated rings. The summed E-state index contributed by atoms with van der Waals surface area (Å²) in [6, 6.07) is 5.78. The van der Waals surface area contributed by atoms with Crippen molar-refractivity contribution in [1.29, 1.82) is 0 Å². The number of para-hydroxylation sites is 1. The third-order valence-electron chi connectivity index (χ3n) is 4.01. The first-order chi connectivity index (χ1) is 11.1. The molecule has 0 atom stereocenters. The minimum atomic E-state index is -0.650. The molecule has 0 amide bonds. The molecule has 23 heavy (non-hydrogen) atoms. The smallest absolute Gasteiger partial charge is 0.225 e. The Bertz CT molecular complexity index is 664. The molecule has 4 nitrogen and oxygen atoms in total. The van der Waals surface area contributed by atoms with Crippen LogP contribution in [0.15, 0.2) is 24.3 Å². The van der Waals surface area contributed by atoms with E-state index in [0.717, 1.165) is 18.5 Å². The third kappa shape index (κ3) is 3.94. The Balaban J connectivity index is 1.80. The average molecular weight is 318 g/mol. The van der Waals surface area contributed by atoms with Gasteiger partial charge in [0.25, 0.3) is 0 Å². The lowest BCUT2D eigenvalue weighted by molar-refractivity contribution is 0.461. The molecule has 0 aliphatic heterocycles.